The fourth-order valence-electron chi connectivity index (χ4n) is 1.53. The molecule has 1 amide bonds. The second-order valence-electron chi connectivity index (χ2n) is 4.09. The van der Waals surface area contributed by atoms with E-state index >= 15 is 0 Å². The SMILES string of the molecule is CCCNC(=O)CCc1nnc(-c2cccnc2)o1. The number of aromatic nitrogens is 3. The molecule has 0 saturated heterocycles. The summed E-state index contributed by atoms with van der Waals surface area (Å²) >= 11 is 0. The summed E-state index contributed by atoms with van der Waals surface area (Å²) in [6.07, 6.45) is 5.07. The van der Waals surface area contributed by atoms with Crippen LogP contribution in [0.1, 0.15) is 25.7 Å². The van der Waals surface area contributed by atoms with Crippen molar-refractivity contribution in [1.29, 1.82) is 0 Å². The van der Waals surface area contributed by atoms with E-state index in [-0.39, 0.29) is 5.91 Å². The van der Waals surface area contributed by atoms with Gasteiger partial charge in [-0.25, -0.2) is 0 Å². The molecule has 0 unspecified atom stereocenters. The van der Waals surface area contributed by atoms with Gasteiger partial charge in [-0.1, -0.05) is 6.92 Å². The molecule has 0 radical (unpaired) electrons. The molecule has 0 atom stereocenters. The van der Waals surface area contributed by atoms with Crippen molar-refractivity contribution >= 4 is 5.91 Å². The van der Waals surface area contributed by atoms with Crippen molar-refractivity contribution in [3.05, 3.63) is 30.4 Å². The van der Waals surface area contributed by atoms with Crippen LogP contribution >= 0.6 is 0 Å². The molecule has 0 aromatic carbocycles. The van der Waals surface area contributed by atoms with E-state index in [4.69, 9.17) is 4.42 Å². The fraction of sp³-hybridized carbons (Fsp3) is 0.385. The van der Waals surface area contributed by atoms with Crippen LogP contribution in [-0.2, 0) is 11.2 Å². The van der Waals surface area contributed by atoms with Crippen LogP contribution in [0.2, 0.25) is 0 Å². The first-order chi connectivity index (χ1) is 9.29. The lowest BCUT2D eigenvalue weighted by Gasteiger charge is -2.00. The van der Waals surface area contributed by atoms with Crippen molar-refractivity contribution in [2.45, 2.75) is 26.2 Å². The monoisotopic (exact) mass is 260 g/mol. The van der Waals surface area contributed by atoms with E-state index < -0.39 is 0 Å². The van der Waals surface area contributed by atoms with Gasteiger partial charge in [-0.3, -0.25) is 9.78 Å². The number of hydrogen-bond acceptors (Lipinski definition) is 5. The quantitative estimate of drug-likeness (QED) is 0.853. The number of carbonyl (C=O) groups is 1. The minimum atomic E-state index is 0.00276. The molecule has 6 heteroatoms. The number of carbonyl (C=O) groups excluding carboxylic acids is 1. The molecule has 0 fully saturated rings. The standard InChI is InChI=1S/C13H16N4O2/c1-2-7-15-11(18)5-6-12-16-17-13(19-12)10-4-3-8-14-9-10/h3-4,8-9H,2,5-7H2,1H3,(H,15,18). The number of aryl methyl sites for hydroxylation is 1. The van der Waals surface area contributed by atoms with Gasteiger partial charge in [-0.15, -0.1) is 10.2 Å². The van der Waals surface area contributed by atoms with E-state index in [0.29, 0.717) is 31.2 Å². The summed E-state index contributed by atoms with van der Waals surface area (Å²) in [7, 11) is 0. The van der Waals surface area contributed by atoms with Crippen molar-refractivity contribution in [2.24, 2.45) is 0 Å². The second kappa shape index (κ2) is 6.63. The zero-order chi connectivity index (χ0) is 13.5. The lowest BCUT2D eigenvalue weighted by atomic mass is 10.3. The van der Waals surface area contributed by atoms with Crippen LogP contribution in [0.5, 0.6) is 0 Å². The highest BCUT2D eigenvalue weighted by Crippen LogP contribution is 2.16. The number of amides is 1. The smallest absolute Gasteiger partial charge is 0.249 e. The topological polar surface area (TPSA) is 80.9 Å². The maximum absolute atomic E-state index is 11.4. The van der Waals surface area contributed by atoms with E-state index in [0.717, 1.165) is 12.0 Å². The van der Waals surface area contributed by atoms with Gasteiger partial charge < -0.3 is 9.73 Å². The molecule has 2 heterocycles. The van der Waals surface area contributed by atoms with Crippen molar-refractivity contribution in [2.75, 3.05) is 6.54 Å². The van der Waals surface area contributed by atoms with Crippen molar-refractivity contribution in [1.82, 2.24) is 20.5 Å². The third-order valence-electron chi connectivity index (χ3n) is 2.51. The molecule has 2 aromatic rings. The van der Waals surface area contributed by atoms with Crippen LogP contribution in [0.3, 0.4) is 0 Å². The van der Waals surface area contributed by atoms with E-state index in [9.17, 15) is 4.79 Å². The molecule has 2 aromatic heterocycles. The Hall–Kier alpha value is -2.24. The lowest BCUT2D eigenvalue weighted by Crippen LogP contribution is -2.24. The van der Waals surface area contributed by atoms with Crippen molar-refractivity contribution < 1.29 is 9.21 Å². The molecular weight excluding hydrogens is 244 g/mol. The van der Waals surface area contributed by atoms with Crippen LogP contribution in [0.15, 0.2) is 28.9 Å². The summed E-state index contributed by atoms with van der Waals surface area (Å²) in [5, 5.41) is 10.7. The average molecular weight is 260 g/mol. The van der Waals surface area contributed by atoms with Crippen LogP contribution in [0, 0.1) is 0 Å². The first kappa shape index (κ1) is 13.2. The number of hydrogen-bond donors (Lipinski definition) is 1. The maximum Gasteiger partial charge on any atom is 0.249 e. The Bertz CT molecular complexity index is 524. The molecular formula is C13H16N4O2. The Kier molecular flexibility index (Phi) is 4.60. The molecule has 2 rings (SSSR count). The van der Waals surface area contributed by atoms with E-state index in [2.05, 4.69) is 20.5 Å². The van der Waals surface area contributed by atoms with Gasteiger partial charge in [0.25, 0.3) is 0 Å². The Labute approximate surface area is 111 Å². The molecule has 0 bridgehead atoms. The Balaban J connectivity index is 1.90. The molecule has 0 aliphatic carbocycles. The first-order valence-corrected chi connectivity index (χ1v) is 6.29. The maximum atomic E-state index is 11.4. The summed E-state index contributed by atoms with van der Waals surface area (Å²) < 4.78 is 5.48. The molecule has 1 N–H and O–H groups in total. The fourth-order valence-corrected chi connectivity index (χ4v) is 1.53. The van der Waals surface area contributed by atoms with E-state index in [1.54, 1.807) is 18.5 Å². The van der Waals surface area contributed by atoms with Gasteiger partial charge in [0.1, 0.15) is 0 Å². The molecule has 6 nitrogen and oxygen atoms in total. The first-order valence-electron chi connectivity index (χ1n) is 6.29. The van der Waals surface area contributed by atoms with Crippen molar-refractivity contribution in [3.63, 3.8) is 0 Å². The van der Waals surface area contributed by atoms with Crippen LogP contribution in [0.25, 0.3) is 11.5 Å². The zero-order valence-electron chi connectivity index (χ0n) is 10.8. The zero-order valence-corrected chi connectivity index (χ0v) is 10.8. The van der Waals surface area contributed by atoms with E-state index in [1.807, 2.05) is 13.0 Å². The highest BCUT2D eigenvalue weighted by Gasteiger charge is 2.10. The molecule has 0 saturated carbocycles. The number of rotatable bonds is 6. The third-order valence-corrected chi connectivity index (χ3v) is 2.51. The molecule has 0 spiro atoms. The van der Waals surface area contributed by atoms with Gasteiger partial charge >= 0.3 is 0 Å². The molecule has 100 valence electrons. The highest BCUT2D eigenvalue weighted by atomic mass is 16.4. The van der Waals surface area contributed by atoms with Gasteiger partial charge in [-0.2, -0.15) is 0 Å². The largest absolute Gasteiger partial charge is 0.421 e. The summed E-state index contributed by atoms with van der Waals surface area (Å²) in [6.45, 7) is 2.71. The predicted molar refractivity (Wildman–Crippen MR) is 69.2 cm³/mol. The number of pyridine rings is 1. The van der Waals surface area contributed by atoms with Gasteiger partial charge in [0, 0.05) is 31.8 Å². The van der Waals surface area contributed by atoms with Gasteiger partial charge in [0.05, 0.1) is 5.56 Å². The molecule has 19 heavy (non-hydrogen) atoms. The van der Waals surface area contributed by atoms with Gasteiger partial charge in [-0.05, 0) is 18.6 Å². The van der Waals surface area contributed by atoms with E-state index in [1.165, 1.54) is 0 Å². The lowest BCUT2D eigenvalue weighted by molar-refractivity contribution is -0.121. The highest BCUT2D eigenvalue weighted by molar-refractivity contribution is 5.75. The summed E-state index contributed by atoms with van der Waals surface area (Å²) in [6, 6.07) is 3.65. The summed E-state index contributed by atoms with van der Waals surface area (Å²) in [5.41, 5.74) is 0.775. The summed E-state index contributed by atoms with van der Waals surface area (Å²) in [5.74, 6) is 0.894. The molecule has 0 aliphatic rings. The van der Waals surface area contributed by atoms with Gasteiger partial charge in [0.2, 0.25) is 17.7 Å². The third kappa shape index (κ3) is 3.87. The molecule has 0 aliphatic heterocycles. The normalized spacial score (nSPS) is 10.4. The Morgan fingerprint density at radius 3 is 3.05 bits per heavy atom. The average Bonchev–Trinajstić information content (AvgIpc) is 2.93. The van der Waals surface area contributed by atoms with Crippen LogP contribution in [0.4, 0.5) is 0 Å². The van der Waals surface area contributed by atoms with Crippen LogP contribution in [-0.4, -0.2) is 27.6 Å². The predicted octanol–water partition coefficient (Wildman–Crippen LogP) is 1.59. The minimum Gasteiger partial charge on any atom is -0.421 e. The Morgan fingerprint density at radius 2 is 2.32 bits per heavy atom. The Morgan fingerprint density at radius 1 is 1.42 bits per heavy atom. The second-order valence-corrected chi connectivity index (χ2v) is 4.09. The van der Waals surface area contributed by atoms with Crippen molar-refractivity contribution in [3.8, 4) is 11.5 Å². The number of nitrogens with one attached hydrogen (secondary N) is 1. The minimum absolute atomic E-state index is 0.00276. The number of nitrogens with zero attached hydrogens (tertiary/aromatic N) is 3. The van der Waals surface area contributed by atoms with Gasteiger partial charge in [0.15, 0.2) is 0 Å². The van der Waals surface area contributed by atoms with Crippen LogP contribution < -0.4 is 5.32 Å². The summed E-state index contributed by atoms with van der Waals surface area (Å²) in [4.78, 5) is 15.4.